The highest BCUT2D eigenvalue weighted by Gasteiger charge is 2.43. The second-order valence-electron chi connectivity index (χ2n) is 6.51. The topological polar surface area (TPSA) is 70.0 Å². The summed E-state index contributed by atoms with van der Waals surface area (Å²) in [5, 5.41) is 18.4. The Morgan fingerprint density at radius 2 is 2.00 bits per heavy atom. The van der Waals surface area contributed by atoms with E-state index < -0.39 is 14.4 Å². The van der Waals surface area contributed by atoms with Gasteiger partial charge < -0.3 is 19.5 Å². The molecule has 1 rings (SSSR count). The molecule has 0 aromatic carbocycles. The zero-order chi connectivity index (χ0) is 14.1. The van der Waals surface area contributed by atoms with Gasteiger partial charge in [0, 0.05) is 6.54 Å². The van der Waals surface area contributed by atoms with Crippen LogP contribution in [0.3, 0.4) is 0 Å². The van der Waals surface area contributed by atoms with Crippen LogP contribution in [0.2, 0.25) is 18.1 Å². The first-order chi connectivity index (χ1) is 8.08. The van der Waals surface area contributed by atoms with E-state index in [0.29, 0.717) is 13.0 Å². The first-order valence-corrected chi connectivity index (χ1v) is 9.27. The minimum atomic E-state index is -1.88. The quantitative estimate of drug-likeness (QED) is 0.774. The summed E-state index contributed by atoms with van der Waals surface area (Å²) < 4.78 is 6.20. The van der Waals surface area contributed by atoms with E-state index in [1.165, 1.54) is 4.90 Å². The Balaban J connectivity index is 2.69. The lowest BCUT2D eigenvalue weighted by molar-refractivity contribution is 0.116. The minimum absolute atomic E-state index is 0.0841. The number of aliphatic hydroxyl groups is 1. The molecule has 0 aromatic heterocycles. The van der Waals surface area contributed by atoms with Gasteiger partial charge in [-0.05, 0) is 24.6 Å². The summed E-state index contributed by atoms with van der Waals surface area (Å²) in [5.74, 6) is 0. The largest absolute Gasteiger partial charge is 0.465 e. The van der Waals surface area contributed by atoms with Gasteiger partial charge in [-0.15, -0.1) is 0 Å². The van der Waals surface area contributed by atoms with E-state index in [0.717, 1.165) is 0 Å². The number of hydrogen-bond donors (Lipinski definition) is 2. The van der Waals surface area contributed by atoms with E-state index in [1.54, 1.807) is 0 Å². The number of carbonyl (C=O) groups is 1. The van der Waals surface area contributed by atoms with Crippen LogP contribution in [-0.2, 0) is 4.43 Å². The smallest absolute Gasteiger partial charge is 0.407 e. The molecule has 0 spiro atoms. The summed E-state index contributed by atoms with van der Waals surface area (Å²) >= 11 is 0. The zero-order valence-corrected chi connectivity index (χ0v) is 12.9. The molecule has 1 aliphatic heterocycles. The molecule has 6 heteroatoms. The van der Waals surface area contributed by atoms with Crippen LogP contribution in [0.1, 0.15) is 27.2 Å². The van der Waals surface area contributed by atoms with Crippen LogP contribution in [0, 0.1) is 0 Å². The SMILES string of the molecule is CC(C)(C)[Si](C)(C)O[C@H]1CC(CO)N(C(=O)O)C1. The van der Waals surface area contributed by atoms with Crippen LogP contribution in [0.5, 0.6) is 0 Å². The maximum Gasteiger partial charge on any atom is 0.407 e. The fraction of sp³-hybridized carbons (Fsp3) is 0.917. The third-order valence-corrected chi connectivity index (χ3v) is 8.63. The normalized spacial score (nSPS) is 25.6. The summed E-state index contributed by atoms with van der Waals surface area (Å²) in [6.45, 7) is 11.0. The number of hydrogen-bond acceptors (Lipinski definition) is 3. The van der Waals surface area contributed by atoms with Crippen LogP contribution in [0.25, 0.3) is 0 Å². The van der Waals surface area contributed by atoms with Crippen LogP contribution < -0.4 is 0 Å². The van der Waals surface area contributed by atoms with Gasteiger partial charge in [0.25, 0.3) is 0 Å². The molecule has 2 atom stereocenters. The predicted molar refractivity (Wildman–Crippen MR) is 72.3 cm³/mol. The predicted octanol–water partition coefficient (Wildman–Crippen LogP) is 2.12. The van der Waals surface area contributed by atoms with Gasteiger partial charge >= 0.3 is 6.09 Å². The molecule has 0 bridgehead atoms. The van der Waals surface area contributed by atoms with Crippen molar-refractivity contribution in [1.82, 2.24) is 4.90 Å². The number of likely N-dealkylation sites (tertiary alicyclic amines) is 1. The average Bonchev–Trinajstić information content (AvgIpc) is 2.58. The summed E-state index contributed by atoms with van der Waals surface area (Å²) in [7, 11) is -1.88. The fourth-order valence-electron chi connectivity index (χ4n) is 1.96. The van der Waals surface area contributed by atoms with Gasteiger partial charge in [-0.1, -0.05) is 20.8 Å². The summed E-state index contributed by atoms with van der Waals surface area (Å²) in [6, 6.07) is -0.322. The zero-order valence-electron chi connectivity index (χ0n) is 11.9. The average molecular weight is 275 g/mol. The molecule has 1 amide bonds. The van der Waals surface area contributed by atoms with Gasteiger partial charge in [0.2, 0.25) is 0 Å². The van der Waals surface area contributed by atoms with E-state index in [2.05, 4.69) is 33.9 Å². The van der Waals surface area contributed by atoms with E-state index in [-0.39, 0.29) is 23.8 Å². The van der Waals surface area contributed by atoms with Gasteiger partial charge in [0.1, 0.15) is 0 Å². The maximum absolute atomic E-state index is 11.0. The van der Waals surface area contributed by atoms with Crippen molar-refractivity contribution >= 4 is 14.4 Å². The van der Waals surface area contributed by atoms with E-state index in [4.69, 9.17) is 9.53 Å². The molecule has 1 fully saturated rings. The maximum atomic E-state index is 11.0. The molecule has 18 heavy (non-hydrogen) atoms. The van der Waals surface area contributed by atoms with Crippen molar-refractivity contribution in [3.8, 4) is 0 Å². The molecular weight excluding hydrogens is 250 g/mol. The Kier molecular flexibility index (Phi) is 4.45. The lowest BCUT2D eigenvalue weighted by atomic mass is 10.2. The highest BCUT2D eigenvalue weighted by atomic mass is 28.4. The standard InChI is InChI=1S/C12H25NO4Si/c1-12(2,3)18(4,5)17-10-6-9(8-14)13(7-10)11(15)16/h9-10,14H,6-8H2,1-5H3,(H,15,16)/t9?,10-/m0/s1. The van der Waals surface area contributed by atoms with E-state index in [1.807, 2.05) is 0 Å². The van der Waals surface area contributed by atoms with Crippen molar-refractivity contribution in [2.75, 3.05) is 13.2 Å². The third-order valence-electron chi connectivity index (χ3n) is 4.10. The highest BCUT2D eigenvalue weighted by molar-refractivity contribution is 6.74. The van der Waals surface area contributed by atoms with Crippen molar-refractivity contribution in [2.45, 2.75) is 57.5 Å². The van der Waals surface area contributed by atoms with Gasteiger partial charge in [-0.25, -0.2) is 4.79 Å². The Hall–Kier alpha value is -0.593. The van der Waals surface area contributed by atoms with Gasteiger partial charge in [0.05, 0.1) is 18.8 Å². The molecule has 0 aromatic rings. The molecule has 0 radical (unpaired) electrons. The Labute approximate surface area is 110 Å². The van der Waals surface area contributed by atoms with Gasteiger partial charge in [0.15, 0.2) is 8.32 Å². The summed E-state index contributed by atoms with van der Waals surface area (Å²) in [5.41, 5.74) is 0. The highest BCUT2D eigenvalue weighted by Crippen LogP contribution is 2.38. The van der Waals surface area contributed by atoms with Crippen LogP contribution in [-0.4, -0.2) is 54.8 Å². The third kappa shape index (κ3) is 3.24. The Morgan fingerprint density at radius 3 is 2.33 bits per heavy atom. The van der Waals surface area contributed by atoms with Crippen molar-refractivity contribution in [2.24, 2.45) is 0 Å². The van der Waals surface area contributed by atoms with Crippen LogP contribution in [0.4, 0.5) is 4.79 Å². The molecule has 0 saturated carbocycles. The van der Waals surface area contributed by atoms with Crippen molar-refractivity contribution in [3.05, 3.63) is 0 Å². The summed E-state index contributed by atoms with van der Waals surface area (Å²) in [4.78, 5) is 12.3. The molecule has 5 nitrogen and oxygen atoms in total. The summed E-state index contributed by atoms with van der Waals surface area (Å²) in [6.07, 6.45) is -0.468. The molecule has 0 aliphatic carbocycles. The molecule has 106 valence electrons. The minimum Gasteiger partial charge on any atom is -0.465 e. The molecule has 1 heterocycles. The molecule has 1 unspecified atom stereocenters. The molecule has 1 aliphatic rings. The lowest BCUT2D eigenvalue weighted by Gasteiger charge is -2.38. The van der Waals surface area contributed by atoms with E-state index in [9.17, 15) is 9.90 Å². The van der Waals surface area contributed by atoms with Crippen LogP contribution in [0.15, 0.2) is 0 Å². The molecule has 2 N–H and O–H groups in total. The number of carboxylic acid groups (broad SMARTS) is 1. The van der Waals surface area contributed by atoms with Crippen molar-refractivity contribution < 1.29 is 19.4 Å². The fourth-order valence-corrected chi connectivity index (χ4v) is 3.32. The number of amides is 1. The number of rotatable bonds is 3. The monoisotopic (exact) mass is 275 g/mol. The van der Waals surface area contributed by atoms with Crippen molar-refractivity contribution in [1.29, 1.82) is 0 Å². The Morgan fingerprint density at radius 1 is 1.44 bits per heavy atom. The first kappa shape index (κ1) is 15.5. The molecular formula is C12H25NO4Si. The first-order valence-electron chi connectivity index (χ1n) is 6.36. The Bertz CT molecular complexity index is 314. The van der Waals surface area contributed by atoms with Crippen molar-refractivity contribution in [3.63, 3.8) is 0 Å². The second-order valence-corrected chi connectivity index (χ2v) is 11.3. The lowest BCUT2D eigenvalue weighted by Crippen LogP contribution is -2.44. The number of aliphatic hydroxyl groups excluding tert-OH is 1. The second kappa shape index (κ2) is 5.18. The van der Waals surface area contributed by atoms with Gasteiger partial charge in [-0.2, -0.15) is 0 Å². The number of nitrogens with zero attached hydrogens (tertiary/aromatic N) is 1. The van der Waals surface area contributed by atoms with E-state index >= 15 is 0 Å². The van der Waals surface area contributed by atoms with Gasteiger partial charge in [-0.3, -0.25) is 0 Å². The molecule has 1 saturated heterocycles. The van der Waals surface area contributed by atoms with Crippen LogP contribution >= 0.6 is 0 Å².